The van der Waals surface area contributed by atoms with Gasteiger partial charge in [0.15, 0.2) is 11.6 Å². The number of amides is 1. The van der Waals surface area contributed by atoms with Crippen molar-refractivity contribution in [3.8, 4) is 0 Å². The van der Waals surface area contributed by atoms with Crippen molar-refractivity contribution in [2.45, 2.75) is 38.2 Å². The van der Waals surface area contributed by atoms with Gasteiger partial charge in [-0.2, -0.15) is 13.2 Å². The number of rotatable bonds is 2. The lowest BCUT2D eigenvalue weighted by Gasteiger charge is -2.35. The number of hydrogen-bond donors (Lipinski definition) is 1. The molecule has 2 atom stereocenters. The number of benzene rings is 1. The first-order chi connectivity index (χ1) is 13.1. The Morgan fingerprint density at radius 3 is 2.71 bits per heavy atom. The number of alkyl halides is 3. The molecule has 0 spiro atoms. The van der Waals surface area contributed by atoms with Crippen LogP contribution in [0.3, 0.4) is 0 Å². The molecule has 0 saturated heterocycles. The van der Waals surface area contributed by atoms with Crippen LogP contribution in [0.5, 0.6) is 0 Å². The van der Waals surface area contributed by atoms with Crippen LogP contribution < -0.4 is 0 Å². The zero-order valence-corrected chi connectivity index (χ0v) is 15.2. The SMILES string of the molecule is C[C@H]1CN(C(=O)c2cc3ccccc3o2)Cc2cnc(C(C)(O)C(F)(F)F)n21. The lowest BCUT2D eigenvalue weighted by atomic mass is 10.0. The molecule has 28 heavy (non-hydrogen) atoms. The van der Waals surface area contributed by atoms with E-state index in [0.29, 0.717) is 18.2 Å². The maximum Gasteiger partial charge on any atom is 0.424 e. The molecule has 1 amide bonds. The van der Waals surface area contributed by atoms with Gasteiger partial charge in [0.05, 0.1) is 24.5 Å². The number of carbonyl (C=O) groups is 1. The van der Waals surface area contributed by atoms with Crippen molar-refractivity contribution in [2.75, 3.05) is 6.54 Å². The zero-order valence-electron chi connectivity index (χ0n) is 15.2. The number of para-hydroxylation sites is 1. The number of fused-ring (bicyclic) bond motifs is 2. The van der Waals surface area contributed by atoms with E-state index in [1.807, 2.05) is 12.1 Å². The van der Waals surface area contributed by atoms with E-state index in [4.69, 9.17) is 4.42 Å². The van der Waals surface area contributed by atoms with Gasteiger partial charge in [0.1, 0.15) is 5.58 Å². The largest absolute Gasteiger partial charge is 0.451 e. The molecule has 1 N–H and O–H groups in total. The first kappa shape index (κ1) is 18.5. The van der Waals surface area contributed by atoms with E-state index in [1.165, 1.54) is 15.7 Å². The number of aromatic nitrogens is 2. The summed E-state index contributed by atoms with van der Waals surface area (Å²) in [4.78, 5) is 18.2. The van der Waals surface area contributed by atoms with Gasteiger partial charge in [-0.15, -0.1) is 0 Å². The highest BCUT2D eigenvalue weighted by Gasteiger charge is 2.55. The summed E-state index contributed by atoms with van der Waals surface area (Å²) in [5.41, 5.74) is -2.07. The Bertz CT molecular complexity index is 1020. The second-order valence-electron chi connectivity index (χ2n) is 7.20. The molecule has 1 aliphatic rings. The van der Waals surface area contributed by atoms with Crippen LogP contribution in [0, 0.1) is 0 Å². The number of hydrogen-bond acceptors (Lipinski definition) is 4. The number of halogens is 3. The molecule has 1 aromatic carbocycles. The summed E-state index contributed by atoms with van der Waals surface area (Å²) in [5, 5.41) is 10.8. The molecule has 0 aliphatic carbocycles. The average Bonchev–Trinajstić information content (AvgIpc) is 3.24. The van der Waals surface area contributed by atoms with Gasteiger partial charge >= 0.3 is 6.18 Å². The van der Waals surface area contributed by atoms with E-state index in [-0.39, 0.29) is 24.8 Å². The molecular weight excluding hydrogens is 375 g/mol. The Kier molecular flexibility index (Phi) is 4.04. The molecule has 2 aromatic heterocycles. The lowest BCUT2D eigenvalue weighted by Crippen LogP contribution is -2.45. The van der Waals surface area contributed by atoms with Gasteiger partial charge in [-0.1, -0.05) is 18.2 Å². The maximum atomic E-state index is 13.2. The van der Waals surface area contributed by atoms with Crippen LogP contribution in [0.15, 0.2) is 40.9 Å². The van der Waals surface area contributed by atoms with Gasteiger partial charge in [-0.3, -0.25) is 4.79 Å². The molecular formula is C19H18F3N3O3. The van der Waals surface area contributed by atoms with E-state index in [0.717, 1.165) is 5.39 Å². The first-order valence-electron chi connectivity index (χ1n) is 8.73. The van der Waals surface area contributed by atoms with Crippen LogP contribution >= 0.6 is 0 Å². The predicted molar refractivity (Wildman–Crippen MR) is 93.5 cm³/mol. The van der Waals surface area contributed by atoms with Crippen molar-refractivity contribution in [1.82, 2.24) is 14.5 Å². The van der Waals surface area contributed by atoms with Crippen LogP contribution in [-0.4, -0.2) is 38.2 Å². The van der Waals surface area contributed by atoms with Crippen molar-refractivity contribution in [1.29, 1.82) is 0 Å². The highest BCUT2D eigenvalue weighted by atomic mass is 19.4. The van der Waals surface area contributed by atoms with Gasteiger partial charge in [0.2, 0.25) is 5.60 Å². The van der Waals surface area contributed by atoms with Crippen molar-refractivity contribution < 1.29 is 27.5 Å². The summed E-state index contributed by atoms with van der Waals surface area (Å²) < 4.78 is 46.7. The monoisotopic (exact) mass is 393 g/mol. The van der Waals surface area contributed by atoms with Gasteiger partial charge < -0.3 is 19.0 Å². The van der Waals surface area contributed by atoms with Crippen molar-refractivity contribution in [3.63, 3.8) is 0 Å². The standard InChI is InChI=1S/C19H18F3N3O3/c1-11-9-24(16(26)15-7-12-5-3-4-6-14(12)28-15)10-13-8-23-17(25(11)13)18(2,27)19(20,21)22/h3-8,11,27H,9-10H2,1-2H3/t11-,18?/m0/s1. The summed E-state index contributed by atoms with van der Waals surface area (Å²) in [6, 6.07) is 8.37. The van der Waals surface area contributed by atoms with Gasteiger partial charge in [-0.05, 0) is 26.0 Å². The molecule has 6 nitrogen and oxygen atoms in total. The van der Waals surface area contributed by atoms with Crippen LogP contribution in [-0.2, 0) is 12.1 Å². The number of carbonyl (C=O) groups excluding carboxylic acids is 1. The fraction of sp³-hybridized carbons (Fsp3) is 0.368. The van der Waals surface area contributed by atoms with E-state index < -0.39 is 23.6 Å². The van der Waals surface area contributed by atoms with E-state index >= 15 is 0 Å². The lowest BCUT2D eigenvalue weighted by molar-refractivity contribution is -0.263. The molecule has 3 heterocycles. The molecule has 0 saturated carbocycles. The van der Waals surface area contributed by atoms with E-state index in [9.17, 15) is 23.1 Å². The number of furan rings is 1. The number of aliphatic hydroxyl groups is 1. The molecule has 1 aliphatic heterocycles. The Balaban J connectivity index is 1.65. The van der Waals surface area contributed by atoms with E-state index in [2.05, 4.69) is 4.98 Å². The summed E-state index contributed by atoms with van der Waals surface area (Å²) in [6.07, 6.45) is -3.60. The number of imidazole rings is 1. The highest BCUT2D eigenvalue weighted by molar-refractivity contribution is 5.96. The quantitative estimate of drug-likeness (QED) is 0.722. The zero-order chi connectivity index (χ0) is 20.3. The average molecular weight is 393 g/mol. The van der Waals surface area contributed by atoms with E-state index in [1.54, 1.807) is 25.1 Å². The third-order valence-corrected chi connectivity index (χ3v) is 5.06. The molecule has 0 bridgehead atoms. The fourth-order valence-electron chi connectivity index (χ4n) is 3.55. The predicted octanol–water partition coefficient (Wildman–Crippen LogP) is 3.62. The fourth-order valence-corrected chi connectivity index (χ4v) is 3.55. The van der Waals surface area contributed by atoms with Crippen LogP contribution in [0.25, 0.3) is 11.0 Å². The van der Waals surface area contributed by atoms with Crippen molar-refractivity contribution in [3.05, 3.63) is 53.8 Å². The Morgan fingerprint density at radius 1 is 1.32 bits per heavy atom. The normalized spacial score (nSPS) is 19.5. The molecule has 148 valence electrons. The minimum absolute atomic E-state index is 0.0706. The minimum atomic E-state index is -4.87. The van der Waals surface area contributed by atoms with Crippen LogP contribution in [0.2, 0.25) is 0 Å². The topological polar surface area (TPSA) is 71.5 Å². The second-order valence-corrected chi connectivity index (χ2v) is 7.20. The Morgan fingerprint density at radius 2 is 2.04 bits per heavy atom. The second kappa shape index (κ2) is 6.10. The van der Waals surface area contributed by atoms with Gasteiger partial charge in [-0.25, -0.2) is 4.98 Å². The number of nitrogens with zero attached hydrogens (tertiary/aromatic N) is 3. The molecule has 9 heteroatoms. The smallest absolute Gasteiger partial charge is 0.424 e. The first-order valence-corrected chi connectivity index (χ1v) is 8.73. The van der Waals surface area contributed by atoms with Crippen LogP contribution in [0.1, 0.15) is 42.0 Å². The van der Waals surface area contributed by atoms with Gasteiger partial charge in [0.25, 0.3) is 5.91 Å². The van der Waals surface area contributed by atoms with Crippen LogP contribution in [0.4, 0.5) is 13.2 Å². The third kappa shape index (κ3) is 2.77. The molecule has 0 radical (unpaired) electrons. The molecule has 3 aromatic rings. The third-order valence-electron chi connectivity index (χ3n) is 5.06. The summed E-state index contributed by atoms with van der Waals surface area (Å²) in [6.45, 7) is 2.60. The Hall–Kier alpha value is -2.81. The Labute approximate surface area is 158 Å². The van der Waals surface area contributed by atoms with Crippen molar-refractivity contribution in [2.24, 2.45) is 0 Å². The maximum absolute atomic E-state index is 13.2. The van der Waals surface area contributed by atoms with Crippen molar-refractivity contribution >= 4 is 16.9 Å². The summed E-state index contributed by atoms with van der Waals surface area (Å²) in [7, 11) is 0. The molecule has 0 fully saturated rings. The molecule has 4 rings (SSSR count). The summed E-state index contributed by atoms with van der Waals surface area (Å²) >= 11 is 0. The minimum Gasteiger partial charge on any atom is -0.451 e. The highest BCUT2D eigenvalue weighted by Crippen LogP contribution is 2.40. The van der Waals surface area contributed by atoms with Gasteiger partial charge in [0, 0.05) is 11.9 Å². The molecule has 1 unspecified atom stereocenters. The summed E-state index contributed by atoms with van der Waals surface area (Å²) in [5.74, 6) is -0.651.